The maximum absolute atomic E-state index is 6.08. The Bertz CT molecular complexity index is 613. The summed E-state index contributed by atoms with van der Waals surface area (Å²) in [5.41, 5.74) is 4.04. The van der Waals surface area contributed by atoms with Gasteiger partial charge in [0.25, 0.3) is 0 Å². The molecule has 98 valence electrons. The number of rotatable bonds is 3. The van der Waals surface area contributed by atoms with Crippen LogP contribution in [-0.2, 0) is 18.6 Å². The highest BCUT2D eigenvalue weighted by Crippen LogP contribution is 2.30. The zero-order chi connectivity index (χ0) is 13.2. The van der Waals surface area contributed by atoms with Crippen LogP contribution in [0.25, 0.3) is 0 Å². The van der Waals surface area contributed by atoms with Gasteiger partial charge in [-0.2, -0.15) is 0 Å². The first-order chi connectivity index (χ1) is 9.22. The quantitative estimate of drug-likeness (QED) is 0.573. The average molecular weight is 310 g/mol. The fraction of sp³-hybridized carbons (Fsp3) is 0.267. The molecule has 0 fully saturated rings. The van der Waals surface area contributed by atoms with Crippen LogP contribution in [0.3, 0.4) is 0 Å². The van der Waals surface area contributed by atoms with E-state index in [2.05, 4.69) is 23.2 Å². The standard InChI is InChI=1S/C15H13Cl2NS/c16-14-7-5-12(15(17)18-14)9-19-13-6-4-10-2-1-3-11(10)8-13/h4-8H,1-3,9H2. The minimum absolute atomic E-state index is 0.441. The first-order valence-corrected chi connectivity index (χ1v) is 8.02. The SMILES string of the molecule is Clc1ccc(CSc2ccc3c(c2)CCC3)c(Cl)n1. The van der Waals surface area contributed by atoms with Crippen molar-refractivity contribution in [3.05, 3.63) is 57.3 Å². The summed E-state index contributed by atoms with van der Waals surface area (Å²) in [6.45, 7) is 0. The van der Waals surface area contributed by atoms with Crippen LogP contribution in [0.1, 0.15) is 23.1 Å². The molecule has 1 aliphatic rings. The molecule has 1 aromatic heterocycles. The second-order valence-corrected chi connectivity index (χ2v) is 6.45. The van der Waals surface area contributed by atoms with Crippen molar-refractivity contribution in [3.63, 3.8) is 0 Å². The minimum Gasteiger partial charge on any atom is -0.224 e. The van der Waals surface area contributed by atoms with Crippen LogP contribution in [0.5, 0.6) is 0 Å². The molecule has 0 spiro atoms. The lowest BCUT2D eigenvalue weighted by atomic mass is 10.1. The molecule has 2 aromatic rings. The van der Waals surface area contributed by atoms with Crippen molar-refractivity contribution in [3.8, 4) is 0 Å². The number of thioether (sulfide) groups is 1. The molecule has 0 amide bonds. The fourth-order valence-corrected chi connectivity index (χ4v) is 3.78. The zero-order valence-corrected chi connectivity index (χ0v) is 12.7. The molecule has 19 heavy (non-hydrogen) atoms. The summed E-state index contributed by atoms with van der Waals surface area (Å²) in [7, 11) is 0. The van der Waals surface area contributed by atoms with E-state index >= 15 is 0 Å². The molecule has 0 bridgehead atoms. The van der Waals surface area contributed by atoms with Crippen LogP contribution < -0.4 is 0 Å². The summed E-state index contributed by atoms with van der Waals surface area (Å²) in [4.78, 5) is 5.36. The monoisotopic (exact) mass is 309 g/mol. The number of aryl methyl sites for hydroxylation is 2. The molecule has 1 nitrogen and oxygen atoms in total. The normalized spacial score (nSPS) is 13.6. The number of pyridine rings is 1. The van der Waals surface area contributed by atoms with Gasteiger partial charge in [0.15, 0.2) is 0 Å². The Morgan fingerprint density at radius 2 is 1.89 bits per heavy atom. The van der Waals surface area contributed by atoms with E-state index in [4.69, 9.17) is 23.2 Å². The first kappa shape index (κ1) is 13.3. The Kier molecular flexibility index (Phi) is 4.01. The van der Waals surface area contributed by atoms with Crippen LogP contribution in [0.4, 0.5) is 0 Å². The van der Waals surface area contributed by atoms with Crippen LogP contribution in [0, 0.1) is 0 Å². The van der Waals surface area contributed by atoms with Gasteiger partial charge in [-0.3, -0.25) is 0 Å². The summed E-state index contributed by atoms with van der Waals surface area (Å²) < 4.78 is 0. The number of hydrogen-bond acceptors (Lipinski definition) is 2. The number of aromatic nitrogens is 1. The van der Waals surface area contributed by atoms with E-state index in [1.165, 1.54) is 35.3 Å². The molecule has 0 N–H and O–H groups in total. The van der Waals surface area contributed by atoms with Crippen molar-refractivity contribution in [2.75, 3.05) is 0 Å². The first-order valence-electron chi connectivity index (χ1n) is 6.28. The van der Waals surface area contributed by atoms with Crippen molar-refractivity contribution in [1.29, 1.82) is 0 Å². The van der Waals surface area contributed by atoms with E-state index < -0.39 is 0 Å². The Morgan fingerprint density at radius 1 is 1.05 bits per heavy atom. The third-order valence-electron chi connectivity index (χ3n) is 3.36. The number of halogens is 2. The lowest BCUT2D eigenvalue weighted by molar-refractivity contribution is 0.911. The average Bonchev–Trinajstić information content (AvgIpc) is 2.85. The van der Waals surface area contributed by atoms with E-state index in [0.717, 1.165) is 11.3 Å². The van der Waals surface area contributed by atoms with Crippen molar-refractivity contribution >= 4 is 35.0 Å². The summed E-state index contributed by atoms with van der Waals surface area (Å²) >= 11 is 13.7. The van der Waals surface area contributed by atoms with E-state index in [9.17, 15) is 0 Å². The van der Waals surface area contributed by atoms with E-state index in [0.29, 0.717) is 10.3 Å². The summed E-state index contributed by atoms with van der Waals surface area (Å²) in [6.07, 6.45) is 3.73. The summed E-state index contributed by atoms with van der Waals surface area (Å²) in [5.74, 6) is 0.821. The fourth-order valence-electron chi connectivity index (χ4n) is 2.35. The highest BCUT2D eigenvalue weighted by molar-refractivity contribution is 7.98. The van der Waals surface area contributed by atoms with E-state index in [1.54, 1.807) is 17.8 Å². The van der Waals surface area contributed by atoms with Crippen LogP contribution in [-0.4, -0.2) is 4.98 Å². The third kappa shape index (κ3) is 3.07. The molecule has 0 saturated heterocycles. The van der Waals surface area contributed by atoms with Gasteiger partial charge in [0.1, 0.15) is 10.3 Å². The second kappa shape index (κ2) is 5.74. The van der Waals surface area contributed by atoms with Crippen molar-refractivity contribution in [1.82, 2.24) is 4.98 Å². The van der Waals surface area contributed by atoms with Crippen molar-refractivity contribution < 1.29 is 0 Å². The Labute approximate surface area is 127 Å². The maximum atomic E-state index is 6.08. The predicted octanol–water partition coefficient (Wildman–Crippen LogP) is 5.17. The lowest BCUT2D eigenvalue weighted by Crippen LogP contribution is -1.88. The largest absolute Gasteiger partial charge is 0.224 e. The van der Waals surface area contributed by atoms with Crippen LogP contribution >= 0.6 is 35.0 Å². The highest BCUT2D eigenvalue weighted by atomic mass is 35.5. The Balaban J connectivity index is 1.72. The number of benzene rings is 1. The second-order valence-electron chi connectivity index (χ2n) is 4.66. The summed E-state index contributed by atoms with van der Waals surface area (Å²) in [6, 6.07) is 10.5. The highest BCUT2D eigenvalue weighted by Gasteiger charge is 2.11. The molecule has 0 unspecified atom stereocenters. The molecule has 0 aliphatic heterocycles. The van der Waals surface area contributed by atoms with Crippen molar-refractivity contribution in [2.45, 2.75) is 29.9 Å². The van der Waals surface area contributed by atoms with E-state index in [-0.39, 0.29) is 0 Å². The molecule has 1 aliphatic carbocycles. The predicted molar refractivity (Wildman–Crippen MR) is 82.3 cm³/mol. The third-order valence-corrected chi connectivity index (χ3v) is 4.94. The lowest BCUT2D eigenvalue weighted by Gasteiger charge is -2.06. The molecule has 0 atom stereocenters. The molecule has 0 saturated carbocycles. The van der Waals surface area contributed by atoms with Gasteiger partial charge in [-0.05, 0) is 54.2 Å². The van der Waals surface area contributed by atoms with Gasteiger partial charge >= 0.3 is 0 Å². The topological polar surface area (TPSA) is 12.9 Å². The van der Waals surface area contributed by atoms with Crippen LogP contribution in [0.15, 0.2) is 35.2 Å². The van der Waals surface area contributed by atoms with Crippen LogP contribution in [0.2, 0.25) is 10.3 Å². The van der Waals surface area contributed by atoms with Gasteiger partial charge in [-0.15, -0.1) is 11.8 Å². The van der Waals surface area contributed by atoms with Crippen molar-refractivity contribution in [2.24, 2.45) is 0 Å². The van der Waals surface area contributed by atoms with Gasteiger partial charge in [0.2, 0.25) is 0 Å². The van der Waals surface area contributed by atoms with E-state index in [1.807, 2.05) is 6.07 Å². The smallest absolute Gasteiger partial charge is 0.134 e. The Morgan fingerprint density at radius 3 is 2.74 bits per heavy atom. The molecule has 1 aromatic carbocycles. The van der Waals surface area contributed by atoms with Gasteiger partial charge in [-0.25, -0.2) is 4.98 Å². The molecular formula is C15H13Cl2NS. The number of hydrogen-bond donors (Lipinski definition) is 0. The van der Waals surface area contributed by atoms with Gasteiger partial charge in [-0.1, -0.05) is 35.3 Å². The van der Waals surface area contributed by atoms with Gasteiger partial charge in [0, 0.05) is 10.6 Å². The molecule has 0 radical (unpaired) electrons. The zero-order valence-electron chi connectivity index (χ0n) is 10.3. The number of nitrogens with zero attached hydrogens (tertiary/aromatic N) is 1. The van der Waals surface area contributed by atoms with Gasteiger partial charge in [0.05, 0.1) is 0 Å². The molecule has 1 heterocycles. The Hall–Kier alpha value is -0.700. The molecule has 3 rings (SSSR count). The maximum Gasteiger partial charge on any atom is 0.134 e. The molecule has 4 heteroatoms. The molecular weight excluding hydrogens is 297 g/mol. The summed E-state index contributed by atoms with van der Waals surface area (Å²) in [5, 5.41) is 0.942. The van der Waals surface area contributed by atoms with Gasteiger partial charge < -0.3 is 0 Å². The minimum atomic E-state index is 0.441. The number of fused-ring (bicyclic) bond motifs is 1.